The number of benzene rings is 1. The van der Waals surface area contributed by atoms with Crippen LogP contribution in [-0.2, 0) is 12.7 Å². The second kappa shape index (κ2) is 8.68. The molecule has 12 heteroatoms. The van der Waals surface area contributed by atoms with Crippen LogP contribution in [-0.4, -0.2) is 11.2 Å². The highest BCUT2D eigenvalue weighted by Gasteiger charge is 2.38. The van der Waals surface area contributed by atoms with Gasteiger partial charge in [0.25, 0.3) is 0 Å². The molecule has 1 aromatic carbocycles. The van der Waals surface area contributed by atoms with Crippen LogP contribution in [0.15, 0.2) is 42.9 Å². The van der Waals surface area contributed by atoms with Gasteiger partial charge in [-0.25, -0.2) is 0 Å². The van der Waals surface area contributed by atoms with Crippen LogP contribution in [0.3, 0.4) is 0 Å². The number of hydrogen-bond acceptors (Lipinski definition) is 4. The molecule has 1 atom stereocenters. The summed E-state index contributed by atoms with van der Waals surface area (Å²) < 4.78 is 75.7. The molecule has 0 fully saturated rings. The summed E-state index contributed by atoms with van der Waals surface area (Å²) in [6.45, 7) is 3.73. The fourth-order valence-corrected chi connectivity index (χ4v) is 2.78. The third-order valence-electron chi connectivity index (χ3n) is 3.67. The standard InChI is InChI=1S/C17H14Cl2F6N4/c1-8(27-6-9-2-3-13(28-7-9)16(20,21)22)29-14-11(18)4-10(5-12(14)19)15(26)17(23,24)25/h2-5,7,15,27,29H,1,6,26H2. The second-order valence-electron chi connectivity index (χ2n) is 5.89. The van der Waals surface area contributed by atoms with Gasteiger partial charge in [0.05, 0.1) is 21.6 Å². The van der Waals surface area contributed by atoms with Gasteiger partial charge >= 0.3 is 12.4 Å². The average molecular weight is 459 g/mol. The van der Waals surface area contributed by atoms with Crippen molar-refractivity contribution < 1.29 is 26.3 Å². The van der Waals surface area contributed by atoms with Crippen LogP contribution in [0.1, 0.15) is 22.9 Å². The lowest BCUT2D eigenvalue weighted by molar-refractivity contribution is -0.149. The fourth-order valence-electron chi connectivity index (χ4n) is 2.18. The Morgan fingerprint density at radius 1 is 1.10 bits per heavy atom. The first kappa shape index (κ1) is 23.1. The third kappa shape index (κ3) is 6.15. The predicted molar refractivity (Wildman–Crippen MR) is 98.3 cm³/mol. The number of halogens is 8. The molecule has 0 saturated heterocycles. The van der Waals surface area contributed by atoms with Crippen LogP contribution in [0.4, 0.5) is 32.0 Å². The van der Waals surface area contributed by atoms with Gasteiger partial charge in [0.1, 0.15) is 11.7 Å². The number of alkyl halides is 6. The van der Waals surface area contributed by atoms with Crippen molar-refractivity contribution in [2.45, 2.75) is 24.9 Å². The molecule has 4 N–H and O–H groups in total. The summed E-state index contributed by atoms with van der Waals surface area (Å²) in [6, 6.07) is 1.88. The Hall–Kier alpha value is -2.17. The van der Waals surface area contributed by atoms with Gasteiger partial charge in [0.2, 0.25) is 0 Å². The van der Waals surface area contributed by atoms with E-state index in [0.29, 0.717) is 5.56 Å². The number of pyridine rings is 1. The Morgan fingerprint density at radius 3 is 2.14 bits per heavy atom. The van der Waals surface area contributed by atoms with E-state index in [2.05, 4.69) is 22.2 Å². The molecule has 158 valence electrons. The van der Waals surface area contributed by atoms with E-state index in [1.54, 1.807) is 0 Å². The van der Waals surface area contributed by atoms with Gasteiger partial charge in [-0.1, -0.05) is 35.8 Å². The first-order valence-electron chi connectivity index (χ1n) is 7.82. The molecule has 29 heavy (non-hydrogen) atoms. The summed E-state index contributed by atoms with van der Waals surface area (Å²) in [5.74, 6) is 0.154. The second-order valence-corrected chi connectivity index (χ2v) is 6.70. The highest BCUT2D eigenvalue weighted by atomic mass is 35.5. The molecule has 1 heterocycles. The Kier molecular flexibility index (Phi) is 6.92. The van der Waals surface area contributed by atoms with Crippen LogP contribution in [0, 0.1) is 0 Å². The van der Waals surface area contributed by atoms with E-state index in [9.17, 15) is 26.3 Å². The lowest BCUT2D eigenvalue weighted by Crippen LogP contribution is -2.28. The maximum atomic E-state index is 12.7. The topological polar surface area (TPSA) is 63.0 Å². The van der Waals surface area contributed by atoms with Crippen LogP contribution in [0.25, 0.3) is 0 Å². The summed E-state index contributed by atoms with van der Waals surface area (Å²) in [7, 11) is 0. The van der Waals surface area contributed by atoms with Crippen LogP contribution in [0.5, 0.6) is 0 Å². The molecular formula is C17H14Cl2F6N4. The molecule has 0 saturated carbocycles. The minimum absolute atomic E-state index is 0.0727. The summed E-state index contributed by atoms with van der Waals surface area (Å²) in [5, 5.41) is 5.23. The minimum atomic E-state index is -4.66. The van der Waals surface area contributed by atoms with E-state index >= 15 is 0 Å². The molecule has 0 amide bonds. The molecule has 0 aliphatic rings. The highest BCUT2D eigenvalue weighted by molar-refractivity contribution is 6.39. The summed E-state index contributed by atoms with van der Waals surface area (Å²) >= 11 is 12.0. The zero-order valence-electron chi connectivity index (χ0n) is 14.4. The van der Waals surface area contributed by atoms with Crippen molar-refractivity contribution >= 4 is 28.9 Å². The lowest BCUT2D eigenvalue weighted by Gasteiger charge is -2.19. The van der Waals surface area contributed by atoms with Crippen molar-refractivity contribution in [2.24, 2.45) is 5.73 Å². The van der Waals surface area contributed by atoms with E-state index in [-0.39, 0.29) is 33.7 Å². The smallest absolute Gasteiger partial charge is 0.368 e. The van der Waals surface area contributed by atoms with Gasteiger partial charge in [0, 0.05) is 12.7 Å². The van der Waals surface area contributed by atoms with Gasteiger partial charge < -0.3 is 16.4 Å². The normalized spacial score (nSPS) is 13.1. The van der Waals surface area contributed by atoms with Crippen LogP contribution in [0.2, 0.25) is 10.0 Å². The maximum Gasteiger partial charge on any atom is 0.433 e. The van der Waals surface area contributed by atoms with Crippen molar-refractivity contribution in [3.8, 4) is 0 Å². The van der Waals surface area contributed by atoms with Gasteiger partial charge in [-0.2, -0.15) is 26.3 Å². The number of nitrogens with two attached hydrogens (primary N) is 1. The molecule has 0 bridgehead atoms. The van der Waals surface area contributed by atoms with Gasteiger partial charge in [-0.05, 0) is 29.3 Å². The average Bonchev–Trinajstić information content (AvgIpc) is 2.61. The summed E-state index contributed by atoms with van der Waals surface area (Å²) in [6.07, 6.45) is -8.15. The van der Waals surface area contributed by atoms with E-state index in [0.717, 1.165) is 24.4 Å². The maximum absolute atomic E-state index is 12.7. The van der Waals surface area contributed by atoms with Crippen molar-refractivity contribution in [1.82, 2.24) is 10.3 Å². The molecular weight excluding hydrogens is 445 g/mol. The zero-order chi connectivity index (χ0) is 22.0. The third-order valence-corrected chi connectivity index (χ3v) is 4.27. The van der Waals surface area contributed by atoms with Crippen molar-refractivity contribution in [3.63, 3.8) is 0 Å². The van der Waals surface area contributed by atoms with Gasteiger partial charge in [-0.3, -0.25) is 4.98 Å². The molecule has 0 aliphatic heterocycles. The van der Waals surface area contributed by atoms with Crippen molar-refractivity contribution in [3.05, 3.63) is 69.7 Å². The van der Waals surface area contributed by atoms with Crippen molar-refractivity contribution in [2.75, 3.05) is 5.32 Å². The van der Waals surface area contributed by atoms with E-state index in [1.807, 2.05) is 0 Å². The largest absolute Gasteiger partial charge is 0.433 e. The molecule has 0 radical (unpaired) electrons. The molecule has 2 aromatic rings. The van der Waals surface area contributed by atoms with E-state index in [4.69, 9.17) is 28.9 Å². The molecule has 1 aromatic heterocycles. The Morgan fingerprint density at radius 2 is 1.69 bits per heavy atom. The van der Waals surface area contributed by atoms with Crippen LogP contribution >= 0.6 is 23.2 Å². The van der Waals surface area contributed by atoms with E-state index < -0.39 is 24.1 Å². The van der Waals surface area contributed by atoms with Crippen LogP contribution < -0.4 is 16.4 Å². The molecule has 0 aliphatic carbocycles. The highest BCUT2D eigenvalue weighted by Crippen LogP contribution is 2.38. The number of rotatable bonds is 6. The number of nitrogens with zero attached hydrogens (tertiary/aromatic N) is 1. The lowest BCUT2D eigenvalue weighted by atomic mass is 10.1. The van der Waals surface area contributed by atoms with Crippen molar-refractivity contribution in [1.29, 1.82) is 0 Å². The number of aromatic nitrogens is 1. The number of nitrogens with one attached hydrogen (secondary N) is 2. The first-order valence-corrected chi connectivity index (χ1v) is 8.57. The summed E-state index contributed by atoms with van der Waals surface area (Å²) in [5.41, 5.74) is 4.34. The molecule has 2 rings (SSSR count). The zero-order valence-corrected chi connectivity index (χ0v) is 15.9. The quantitative estimate of drug-likeness (QED) is 0.490. The Bertz CT molecular complexity index is 858. The Labute approximate surface area is 171 Å². The van der Waals surface area contributed by atoms with E-state index in [1.165, 1.54) is 6.07 Å². The molecule has 1 unspecified atom stereocenters. The van der Waals surface area contributed by atoms with Gasteiger partial charge in [0.15, 0.2) is 0 Å². The first-order chi connectivity index (χ1) is 13.3. The van der Waals surface area contributed by atoms with Gasteiger partial charge in [-0.15, -0.1) is 0 Å². The number of hydrogen-bond donors (Lipinski definition) is 3. The Balaban J connectivity index is 2.04. The summed E-state index contributed by atoms with van der Waals surface area (Å²) in [4.78, 5) is 3.33. The monoisotopic (exact) mass is 458 g/mol. The SMILES string of the molecule is C=C(NCc1ccc(C(F)(F)F)nc1)Nc1c(Cl)cc(C(N)C(F)(F)F)cc1Cl. The number of anilines is 1. The minimum Gasteiger partial charge on any atom is -0.368 e. The fraction of sp³-hybridized carbons (Fsp3) is 0.235. The predicted octanol–water partition coefficient (Wildman–Crippen LogP) is 5.64. The molecule has 0 spiro atoms. The molecule has 4 nitrogen and oxygen atoms in total.